The summed E-state index contributed by atoms with van der Waals surface area (Å²) in [4.78, 5) is 20.0. The standard InChI is InChI=1S/C13H14N2O3S2/c1-20(2)6-9(13(17)18)15-12(20)11-14-8-4-3-7(16)5-10(8)19-11/h3-5,9,16H,6H2,1-2H3,(H,17,18)/t9-/m1/s1. The first-order chi connectivity index (χ1) is 9.37. The minimum atomic E-state index is -1.24. The maximum absolute atomic E-state index is 11.1. The van der Waals surface area contributed by atoms with Gasteiger partial charge < -0.3 is 10.2 Å². The molecule has 3 rings (SSSR count). The molecule has 0 saturated heterocycles. The van der Waals surface area contributed by atoms with Crippen molar-refractivity contribution in [2.24, 2.45) is 4.99 Å². The minimum Gasteiger partial charge on any atom is -0.508 e. The second kappa shape index (κ2) is 4.46. The van der Waals surface area contributed by atoms with Gasteiger partial charge in [0.25, 0.3) is 0 Å². The average Bonchev–Trinajstić information content (AvgIpc) is 2.88. The normalized spacial score (nSPS) is 22.7. The van der Waals surface area contributed by atoms with Gasteiger partial charge in [-0.25, -0.2) is 9.78 Å². The summed E-state index contributed by atoms with van der Waals surface area (Å²) in [6, 6.07) is 4.37. The second-order valence-corrected chi connectivity index (χ2v) is 9.99. The molecule has 2 aromatic rings. The number of aromatic nitrogens is 1. The number of thiazole rings is 1. The van der Waals surface area contributed by atoms with E-state index in [1.165, 1.54) is 11.3 Å². The van der Waals surface area contributed by atoms with Gasteiger partial charge in [0.1, 0.15) is 15.8 Å². The zero-order valence-corrected chi connectivity index (χ0v) is 12.7. The van der Waals surface area contributed by atoms with Crippen molar-refractivity contribution < 1.29 is 15.0 Å². The van der Waals surface area contributed by atoms with Crippen molar-refractivity contribution >= 4 is 42.6 Å². The third-order valence-electron chi connectivity index (χ3n) is 3.21. The number of phenols is 1. The molecule has 0 unspecified atom stereocenters. The number of phenolic OH excluding ortho intramolecular Hbond substituents is 1. The number of rotatable bonds is 2. The van der Waals surface area contributed by atoms with Crippen molar-refractivity contribution in [3.05, 3.63) is 23.2 Å². The average molecular weight is 310 g/mol. The van der Waals surface area contributed by atoms with Gasteiger partial charge in [-0.15, -0.1) is 11.3 Å². The van der Waals surface area contributed by atoms with E-state index in [1.54, 1.807) is 18.2 Å². The van der Waals surface area contributed by atoms with Crippen molar-refractivity contribution in [2.45, 2.75) is 6.04 Å². The largest absolute Gasteiger partial charge is 0.508 e. The smallest absolute Gasteiger partial charge is 0.329 e. The van der Waals surface area contributed by atoms with Gasteiger partial charge in [-0.3, -0.25) is 4.99 Å². The quantitative estimate of drug-likeness (QED) is 0.891. The number of hydrogen-bond acceptors (Lipinski definition) is 5. The molecule has 1 atom stereocenters. The predicted molar refractivity (Wildman–Crippen MR) is 83.6 cm³/mol. The first kappa shape index (κ1) is 13.4. The Balaban J connectivity index is 2.09. The molecule has 20 heavy (non-hydrogen) atoms. The third-order valence-corrected chi connectivity index (χ3v) is 6.86. The summed E-state index contributed by atoms with van der Waals surface area (Å²) in [7, 11) is -1.24. The van der Waals surface area contributed by atoms with Crippen LogP contribution in [-0.2, 0) is 4.79 Å². The number of hydrogen-bond donors (Lipinski definition) is 2. The maximum Gasteiger partial charge on any atom is 0.329 e. The van der Waals surface area contributed by atoms with E-state index in [-0.39, 0.29) is 5.75 Å². The number of aliphatic imine (C=N–C) groups is 1. The van der Waals surface area contributed by atoms with Gasteiger partial charge >= 0.3 is 5.97 Å². The number of aromatic hydroxyl groups is 1. The molecule has 0 saturated carbocycles. The van der Waals surface area contributed by atoms with Crippen LogP contribution >= 0.6 is 21.4 Å². The van der Waals surface area contributed by atoms with Crippen molar-refractivity contribution in [3.63, 3.8) is 0 Å². The van der Waals surface area contributed by atoms with Crippen LogP contribution in [0.4, 0.5) is 0 Å². The number of nitrogens with zero attached hydrogens (tertiary/aromatic N) is 2. The van der Waals surface area contributed by atoms with Gasteiger partial charge in [-0.05, 0) is 30.7 Å². The van der Waals surface area contributed by atoms with Gasteiger partial charge in [0.15, 0.2) is 6.04 Å². The van der Waals surface area contributed by atoms with E-state index in [1.807, 2.05) is 0 Å². The van der Waals surface area contributed by atoms with Crippen LogP contribution in [0.15, 0.2) is 23.2 Å². The van der Waals surface area contributed by atoms with Crippen LogP contribution in [0.25, 0.3) is 10.2 Å². The van der Waals surface area contributed by atoms with Crippen molar-refractivity contribution in [1.82, 2.24) is 4.98 Å². The Labute approximate surface area is 121 Å². The summed E-state index contributed by atoms with van der Waals surface area (Å²) in [5.41, 5.74) is 0.805. The van der Waals surface area contributed by atoms with Crippen molar-refractivity contribution in [3.8, 4) is 5.75 Å². The summed E-state index contributed by atoms with van der Waals surface area (Å²) in [5.74, 6) is -0.103. The molecule has 2 N–H and O–H groups in total. The zero-order chi connectivity index (χ0) is 14.5. The van der Waals surface area contributed by atoms with Gasteiger partial charge in [0.05, 0.1) is 10.2 Å². The van der Waals surface area contributed by atoms with E-state index in [9.17, 15) is 9.90 Å². The first-order valence-electron chi connectivity index (χ1n) is 5.98. The lowest BCUT2D eigenvalue weighted by atomic mass is 10.3. The number of fused-ring (bicyclic) bond motifs is 1. The molecule has 0 radical (unpaired) electrons. The number of carboxylic acid groups (broad SMARTS) is 1. The first-order valence-corrected chi connectivity index (χ1v) is 9.42. The Bertz CT molecular complexity index is 736. The van der Waals surface area contributed by atoms with Crippen molar-refractivity contribution in [1.29, 1.82) is 0 Å². The Hall–Kier alpha value is -1.60. The summed E-state index contributed by atoms with van der Waals surface area (Å²) in [5, 5.41) is 20.2. The highest BCUT2D eigenvalue weighted by molar-refractivity contribution is 8.45. The lowest BCUT2D eigenvalue weighted by Crippen LogP contribution is -2.20. The molecular weight excluding hydrogens is 296 g/mol. The summed E-state index contributed by atoms with van der Waals surface area (Å²) >= 11 is 1.45. The maximum atomic E-state index is 11.1. The van der Waals surface area contributed by atoms with Crippen LogP contribution in [0.5, 0.6) is 5.75 Å². The second-order valence-electron chi connectivity index (χ2n) is 5.16. The number of carboxylic acids is 1. The topological polar surface area (TPSA) is 82.8 Å². The predicted octanol–water partition coefficient (Wildman–Crippen LogP) is 2.28. The van der Waals surface area contributed by atoms with E-state index in [0.29, 0.717) is 5.75 Å². The van der Waals surface area contributed by atoms with Gasteiger partial charge in [-0.1, -0.05) is 0 Å². The molecule has 0 bridgehead atoms. The highest BCUT2D eigenvalue weighted by Gasteiger charge is 2.37. The van der Waals surface area contributed by atoms with E-state index >= 15 is 0 Å². The summed E-state index contributed by atoms with van der Waals surface area (Å²) in [6.45, 7) is 0. The van der Waals surface area contributed by atoms with Gasteiger partial charge in [0, 0.05) is 5.75 Å². The third kappa shape index (κ3) is 2.16. The Kier molecular flexibility index (Phi) is 2.98. The number of benzene rings is 1. The van der Waals surface area contributed by atoms with Crippen LogP contribution in [0.2, 0.25) is 0 Å². The fraction of sp³-hybridized carbons (Fsp3) is 0.308. The number of carbonyl (C=O) groups is 1. The van der Waals surface area contributed by atoms with E-state index in [4.69, 9.17) is 5.11 Å². The molecular formula is C13H14N2O3S2. The Morgan fingerprint density at radius 1 is 1.45 bits per heavy atom. The lowest BCUT2D eigenvalue weighted by molar-refractivity contribution is -0.137. The highest BCUT2D eigenvalue weighted by atomic mass is 32.3. The lowest BCUT2D eigenvalue weighted by Gasteiger charge is -2.25. The van der Waals surface area contributed by atoms with Crippen LogP contribution in [0, 0.1) is 0 Å². The van der Waals surface area contributed by atoms with E-state index in [2.05, 4.69) is 22.5 Å². The molecule has 0 aliphatic carbocycles. The summed E-state index contributed by atoms with van der Waals surface area (Å²) < 4.78 is 0.886. The van der Waals surface area contributed by atoms with Gasteiger partial charge in [0.2, 0.25) is 0 Å². The molecule has 1 aliphatic rings. The fourth-order valence-corrected chi connectivity index (χ4v) is 6.01. The SMILES string of the molecule is CS1(C)C[C@H](C(=O)O)N=C1c1nc2ccc(O)cc2s1. The molecule has 7 heteroatoms. The monoisotopic (exact) mass is 310 g/mol. The molecule has 0 spiro atoms. The Morgan fingerprint density at radius 3 is 2.85 bits per heavy atom. The molecule has 0 fully saturated rings. The Morgan fingerprint density at radius 2 is 2.20 bits per heavy atom. The van der Waals surface area contributed by atoms with E-state index in [0.717, 1.165) is 20.3 Å². The van der Waals surface area contributed by atoms with Crippen LogP contribution < -0.4 is 0 Å². The van der Waals surface area contributed by atoms with Crippen LogP contribution in [0.1, 0.15) is 5.01 Å². The molecule has 1 aliphatic heterocycles. The van der Waals surface area contributed by atoms with Crippen LogP contribution in [-0.4, -0.2) is 50.5 Å². The number of aliphatic carboxylic acids is 1. The van der Waals surface area contributed by atoms with Gasteiger partial charge in [-0.2, -0.15) is 10.0 Å². The highest BCUT2D eigenvalue weighted by Crippen LogP contribution is 2.50. The molecule has 1 aromatic carbocycles. The van der Waals surface area contributed by atoms with E-state index < -0.39 is 22.0 Å². The minimum absolute atomic E-state index is 0.205. The van der Waals surface area contributed by atoms with Crippen LogP contribution in [0.3, 0.4) is 0 Å². The molecule has 106 valence electrons. The molecule has 5 nitrogen and oxygen atoms in total. The molecule has 0 amide bonds. The molecule has 2 heterocycles. The zero-order valence-electron chi connectivity index (χ0n) is 11.0. The fourth-order valence-electron chi connectivity index (χ4n) is 2.22. The van der Waals surface area contributed by atoms with Crippen molar-refractivity contribution in [2.75, 3.05) is 18.3 Å². The molecule has 1 aromatic heterocycles. The summed E-state index contributed by atoms with van der Waals surface area (Å²) in [6.07, 6.45) is 4.14.